The minimum Gasteiger partial charge on any atom is -0.287 e. The summed E-state index contributed by atoms with van der Waals surface area (Å²) in [5.41, 5.74) is 4.57. The highest BCUT2D eigenvalue weighted by Crippen LogP contribution is 2.33. The molecule has 4 heterocycles. The molecule has 0 saturated carbocycles. The molecule has 0 atom stereocenters. The van der Waals surface area contributed by atoms with Crippen LogP contribution in [0.3, 0.4) is 0 Å². The number of nitrogens with zero attached hydrogens (tertiary/aromatic N) is 5. The van der Waals surface area contributed by atoms with Gasteiger partial charge in [-0.3, -0.25) is 9.69 Å². The van der Waals surface area contributed by atoms with Crippen LogP contribution in [-0.4, -0.2) is 43.0 Å². The quantitative estimate of drug-likeness (QED) is 0.270. The molecule has 1 aliphatic rings. The summed E-state index contributed by atoms with van der Waals surface area (Å²) < 4.78 is 1.84. The Morgan fingerprint density at radius 1 is 1.00 bits per heavy atom. The van der Waals surface area contributed by atoms with Crippen molar-refractivity contribution < 1.29 is 4.79 Å². The van der Waals surface area contributed by atoms with E-state index in [-0.39, 0.29) is 5.91 Å². The summed E-state index contributed by atoms with van der Waals surface area (Å²) in [6.45, 7) is 2.57. The van der Waals surface area contributed by atoms with Crippen molar-refractivity contribution >= 4 is 50.9 Å². The maximum absolute atomic E-state index is 14.2. The summed E-state index contributed by atoms with van der Waals surface area (Å²) in [6, 6.07) is 25.7. The molecule has 0 bridgehead atoms. The van der Waals surface area contributed by atoms with Crippen LogP contribution < -0.4 is 0 Å². The highest BCUT2D eigenvalue weighted by Gasteiger charge is 2.29. The molecule has 1 aliphatic heterocycles. The largest absolute Gasteiger partial charge is 0.287 e. The second-order valence-corrected chi connectivity index (χ2v) is 10.5. The summed E-state index contributed by atoms with van der Waals surface area (Å²) >= 11 is 3.23. The first-order valence-electron chi connectivity index (χ1n) is 11.8. The molecule has 1 amide bonds. The second-order valence-electron chi connectivity index (χ2n) is 8.45. The van der Waals surface area contributed by atoms with E-state index >= 15 is 0 Å². The van der Waals surface area contributed by atoms with Gasteiger partial charge in [-0.05, 0) is 55.1 Å². The predicted octanol–water partition coefficient (Wildman–Crippen LogP) is 6.72. The molecule has 5 aromatic rings. The van der Waals surface area contributed by atoms with Gasteiger partial charge in [0.1, 0.15) is 0 Å². The van der Waals surface area contributed by atoms with Gasteiger partial charge < -0.3 is 0 Å². The lowest BCUT2D eigenvalue weighted by Crippen LogP contribution is -2.39. The summed E-state index contributed by atoms with van der Waals surface area (Å²) in [5, 5.41) is 8.34. The van der Waals surface area contributed by atoms with E-state index in [1.54, 1.807) is 23.1 Å². The lowest BCUT2D eigenvalue weighted by Gasteiger charge is -2.28. The van der Waals surface area contributed by atoms with Gasteiger partial charge in [-0.25, -0.2) is 14.7 Å². The number of benzene rings is 2. The summed E-state index contributed by atoms with van der Waals surface area (Å²) in [4.78, 5) is 26.8. The molecule has 6 rings (SSSR count). The number of rotatable bonds is 4. The van der Waals surface area contributed by atoms with Gasteiger partial charge in [-0.2, -0.15) is 5.10 Å². The van der Waals surface area contributed by atoms with Gasteiger partial charge in [0.15, 0.2) is 10.8 Å². The number of aromatic nitrogens is 3. The average Bonchev–Trinajstić information content (AvgIpc) is 3.58. The highest BCUT2D eigenvalue weighted by atomic mass is 32.2. The van der Waals surface area contributed by atoms with Gasteiger partial charge in [0, 0.05) is 12.3 Å². The summed E-state index contributed by atoms with van der Waals surface area (Å²) in [7, 11) is 0. The molecular weight excluding hydrogens is 486 g/mol. The third-order valence-corrected chi connectivity index (χ3v) is 7.99. The molecule has 8 heteroatoms. The first-order valence-corrected chi connectivity index (χ1v) is 13.6. The number of hydrogen-bond acceptors (Lipinski definition) is 6. The number of fused-ring (bicyclic) bond motifs is 1. The van der Waals surface area contributed by atoms with E-state index in [0.29, 0.717) is 17.8 Å². The van der Waals surface area contributed by atoms with Crippen molar-refractivity contribution in [1.82, 2.24) is 19.7 Å². The monoisotopic (exact) mass is 509 g/mol. The van der Waals surface area contributed by atoms with Crippen molar-refractivity contribution in [3.8, 4) is 16.3 Å². The molecule has 0 aliphatic carbocycles. The minimum atomic E-state index is -0.0715. The summed E-state index contributed by atoms with van der Waals surface area (Å²) in [6.07, 6.45) is 0.915. The number of amidine groups is 1. The topological polar surface area (TPSA) is 63.4 Å². The van der Waals surface area contributed by atoms with Crippen molar-refractivity contribution in [2.75, 3.05) is 12.3 Å². The second kappa shape index (κ2) is 9.72. The zero-order valence-electron chi connectivity index (χ0n) is 19.7. The SMILES string of the molecule is Cc1nn(-c2ccccc2)c2nc(-c3cccs3)cc(C(=O)N3CCCSC3=Nc3ccccc3)c12. The Hall–Kier alpha value is -3.75. The van der Waals surface area contributed by atoms with Crippen LogP contribution in [-0.2, 0) is 0 Å². The fourth-order valence-electron chi connectivity index (χ4n) is 4.36. The predicted molar refractivity (Wildman–Crippen MR) is 149 cm³/mol. The van der Waals surface area contributed by atoms with E-state index in [0.717, 1.165) is 50.4 Å². The van der Waals surface area contributed by atoms with Crippen LogP contribution in [0.15, 0.2) is 89.2 Å². The molecule has 0 N–H and O–H groups in total. The number of aliphatic imine (C=N–C) groups is 1. The number of carbonyl (C=O) groups is 1. The van der Waals surface area contributed by atoms with Crippen LogP contribution in [0.25, 0.3) is 27.3 Å². The Labute approximate surface area is 217 Å². The number of pyridine rings is 1. The normalized spacial score (nSPS) is 15.0. The van der Waals surface area contributed by atoms with E-state index in [1.807, 2.05) is 101 Å². The Kier molecular flexibility index (Phi) is 6.13. The Morgan fingerprint density at radius 3 is 2.53 bits per heavy atom. The molecule has 1 fully saturated rings. The number of hydrogen-bond donors (Lipinski definition) is 0. The molecule has 0 spiro atoms. The van der Waals surface area contributed by atoms with Crippen molar-refractivity contribution in [2.45, 2.75) is 13.3 Å². The molecule has 0 radical (unpaired) electrons. The maximum Gasteiger partial charge on any atom is 0.260 e. The van der Waals surface area contributed by atoms with Crippen molar-refractivity contribution in [1.29, 1.82) is 0 Å². The van der Waals surface area contributed by atoms with E-state index < -0.39 is 0 Å². The molecule has 178 valence electrons. The molecule has 2 aromatic carbocycles. The van der Waals surface area contributed by atoms with Crippen LogP contribution in [0.5, 0.6) is 0 Å². The number of aryl methyl sites for hydroxylation is 1. The van der Waals surface area contributed by atoms with Crippen LogP contribution in [0.2, 0.25) is 0 Å². The van der Waals surface area contributed by atoms with Crippen LogP contribution in [0, 0.1) is 6.92 Å². The third kappa shape index (κ3) is 4.23. The molecule has 6 nitrogen and oxygen atoms in total. The van der Waals surface area contributed by atoms with E-state index in [4.69, 9.17) is 15.1 Å². The van der Waals surface area contributed by atoms with Gasteiger partial charge in [0.2, 0.25) is 0 Å². The number of thioether (sulfide) groups is 1. The van der Waals surface area contributed by atoms with Gasteiger partial charge >= 0.3 is 0 Å². The molecule has 3 aromatic heterocycles. The molecule has 0 unspecified atom stereocenters. The number of para-hydroxylation sites is 2. The van der Waals surface area contributed by atoms with Gasteiger partial charge in [0.05, 0.1) is 38.6 Å². The molecule has 36 heavy (non-hydrogen) atoms. The smallest absolute Gasteiger partial charge is 0.260 e. The van der Waals surface area contributed by atoms with E-state index in [9.17, 15) is 4.79 Å². The first kappa shape index (κ1) is 22.7. The molecule has 1 saturated heterocycles. The number of carbonyl (C=O) groups excluding carboxylic acids is 1. The zero-order valence-corrected chi connectivity index (χ0v) is 21.3. The Bertz CT molecular complexity index is 1560. The van der Waals surface area contributed by atoms with Crippen molar-refractivity contribution in [2.24, 2.45) is 4.99 Å². The standard InChI is InChI=1S/C28H23N5OS2/c1-19-25-22(27(34)32-15-9-17-36-28(32)29-20-10-4-2-5-11-20)18-23(24-14-8-16-35-24)30-26(25)33(31-19)21-12-6-3-7-13-21/h2-8,10-14,16,18H,9,15,17H2,1H3. The number of amides is 1. The van der Waals surface area contributed by atoms with Crippen molar-refractivity contribution in [3.05, 3.63) is 95.5 Å². The average molecular weight is 510 g/mol. The fourth-order valence-corrected chi connectivity index (χ4v) is 6.00. The van der Waals surface area contributed by atoms with Crippen LogP contribution in [0.4, 0.5) is 5.69 Å². The van der Waals surface area contributed by atoms with E-state index in [1.165, 1.54) is 0 Å². The van der Waals surface area contributed by atoms with Gasteiger partial charge in [0.25, 0.3) is 5.91 Å². The van der Waals surface area contributed by atoms with Gasteiger partial charge in [-0.1, -0.05) is 54.2 Å². The lowest BCUT2D eigenvalue weighted by atomic mass is 10.1. The van der Waals surface area contributed by atoms with Gasteiger partial charge in [-0.15, -0.1) is 11.3 Å². The zero-order chi connectivity index (χ0) is 24.5. The lowest BCUT2D eigenvalue weighted by molar-refractivity contribution is 0.0851. The summed E-state index contributed by atoms with van der Waals surface area (Å²) in [5.74, 6) is 0.866. The minimum absolute atomic E-state index is 0.0715. The maximum atomic E-state index is 14.2. The molecular formula is C28H23N5OS2. The van der Waals surface area contributed by atoms with Crippen LogP contribution >= 0.6 is 23.1 Å². The van der Waals surface area contributed by atoms with E-state index in [2.05, 4.69) is 0 Å². The third-order valence-electron chi connectivity index (χ3n) is 6.03. The van der Waals surface area contributed by atoms with Crippen molar-refractivity contribution in [3.63, 3.8) is 0 Å². The highest BCUT2D eigenvalue weighted by molar-refractivity contribution is 8.13. The Morgan fingerprint density at radius 2 is 1.78 bits per heavy atom. The fraction of sp³-hybridized carbons (Fsp3) is 0.143. The van der Waals surface area contributed by atoms with Crippen LogP contribution in [0.1, 0.15) is 22.5 Å². The Balaban J connectivity index is 1.53. The number of thiophene rings is 1. The first-order chi connectivity index (χ1) is 17.7.